The molecule has 1 fully saturated rings. The van der Waals surface area contributed by atoms with Gasteiger partial charge in [-0.15, -0.1) is 0 Å². The van der Waals surface area contributed by atoms with E-state index in [1.165, 1.54) is 5.56 Å². The largest absolute Gasteiger partial charge is 0.483 e. The van der Waals surface area contributed by atoms with Crippen molar-refractivity contribution in [3.05, 3.63) is 65.7 Å². The lowest BCUT2D eigenvalue weighted by Gasteiger charge is -2.21. The molecule has 6 nitrogen and oxygen atoms in total. The summed E-state index contributed by atoms with van der Waals surface area (Å²) in [6, 6.07) is 17.7. The highest BCUT2D eigenvalue weighted by molar-refractivity contribution is 5.84. The van der Waals surface area contributed by atoms with Crippen LogP contribution in [0, 0.1) is 11.8 Å². The molecule has 2 aromatic rings. The number of hydrogen-bond acceptors (Lipinski definition) is 4. The Morgan fingerprint density at radius 1 is 1.07 bits per heavy atom. The first-order valence-electron chi connectivity index (χ1n) is 9.99. The van der Waals surface area contributed by atoms with Gasteiger partial charge < -0.3 is 9.47 Å². The van der Waals surface area contributed by atoms with Gasteiger partial charge in [0, 0.05) is 13.0 Å². The number of carbonyl (C=O) groups excluding carboxylic acids is 2. The predicted octanol–water partition coefficient (Wildman–Crippen LogP) is 2.86. The van der Waals surface area contributed by atoms with Gasteiger partial charge in [0.05, 0.1) is 12.0 Å². The molecule has 0 spiro atoms. The van der Waals surface area contributed by atoms with Crippen LogP contribution in [0.1, 0.15) is 31.4 Å². The van der Waals surface area contributed by atoms with E-state index in [2.05, 4.69) is 23.0 Å². The van der Waals surface area contributed by atoms with Gasteiger partial charge in [0.15, 0.2) is 6.61 Å². The van der Waals surface area contributed by atoms with Crippen LogP contribution in [0.5, 0.6) is 5.75 Å². The maximum atomic E-state index is 12.3. The molecule has 0 unspecified atom stereocenters. The monoisotopic (exact) mass is 396 g/mol. The van der Waals surface area contributed by atoms with Gasteiger partial charge in [-0.25, -0.2) is 0 Å². The lowest BCUT2D eigenvalue weighted by atomic mass is 9.92. The Bertz CT molecular complexity index is 823. The Kier molecular flexibility index (Phi) is 7.25. The van der Waals surface area contributed by atoms with Crippen molar-refractivity contribution in [2.75, 3.05) is 13.2 Å². The highest BCUT2D eigenvalue weighted by Gasteiger charge is 2.36. The van der Waals surface area contributed by atoms with Crippen molar-refractivity contribution in [2.45, 2.75) is 32.8 Å². The van der Waals surface area contributed by atoms with Gasteiger partial charge in [0.25, 0.3) is 5.91 Å². The third-order valence-electron chi connectivity index (χ3n) is 5.02. The fourth-order valence-corrected chi connectivity index (χ4v) is 3.56. The quantitative estimate of drug-likeness (QED) is 0.706. The van der Waals surface area contributed by atoms with Crippen LogP contribution in [0.25, 0.3) is 0 Å². The molecule has 0 bridgehead atoms. The molecular formula is C23H28N2O4. The van der Waals surface area contributed by atoms with Crippen LogP contribution in [0.2, 0.25) is 0 Å². The number of rotatable bonds is 7. The van der Waals surface area contributed by atoms with Gasteiger partial charge in [-0.3, -0.25) is 20.4 Å². The highest BCUT2D eigenvalue weighted by Crippen LogP contribution is 2.26. The van der Waals surface area contributed by atoms with E-state index in [0.717, 1.165) is 5.56 Å². The molecular weight excluding hydrogens is 368 g/mol. The third kappa shape index (κ3) is 5.81. The van der Waals surface area contributed by atoms with Crippen LogP contribution in [0.15, 0.2) is 54.6 Å². The number of hydrogen-bond donors (Lipinski definition) is 2. The SMILES string of the molecule is CC(C)[C@H]1OCC[C@@H]1C(=O)NNC(=O)COc1ccccc1Cc1ccccc1. The Labute approximate surface area is 171 Å². The average Bonchev–Trinajstić information content (AvgIpc) is 3.22. The zero-order valence-electron chi connectivity index (χ0n) is 16.9. The number of nitrogens with one attached hydrogen (secondary N) is 2. The lowest BCUT2D eigenvalue weighted by Crippen LogP contribution is -2.48. The van der Waals surface area contributed by atoms with E-state index in [1.54, 1.807) is 0 Å². The summed E-state index contributed by atoms with van der Waals surface area (Å²) in [6.45, 7) is 4.43. The van der Waals surface area contributed by atoms with Gasteiger partial charge in [0.1, 0.15) is 5.75 Å². The van der Waals surface area contributed by atoms with Gasteiger partial charge in [-0.1, -0.05) is 62.4 Å². The van der Waals surface area contributed by atoms with Crippen molar-refractivity contribution in [1.29, 1.82) is 0 Å². The number of amides is 2. The van der Waals surface area contributed by atoms with Crippen molar-refractivity contribution >= 4 is 11.8 Å². The minimum absolute atomic E-state index is 0.118. The molecule has 2 amide bonds. The lowest BCUT2D eigenvalue weighted by molar-refractivity contribution is -0.133. The molecule has 1 heterocycles. The summed E-state index contributed by atoms with van der Waals surface area (Å²) in [7, 11) is 0. The summed E-state index contributed by atoms with van der Waals surface area (Å²) >= 11 is 0. The first-order valence-corrected chi connectivity index (χ1v) is 9.99. The van der Waals surface area contributed by atoms with Gasteiger partial charge in [0.2, 0.25) is 5.91 Å². The molecule has 29 heavy (non-hydrogen) atoms. The molecule has 6 heteroatoms. The number of benzene rings is 2. The van der Waals surface area contributed by atoms with Crippen molar-refractivity contribution in [3.8, 4) is 5.75 Å². The van der Waals surface area contributed by atoms with Crippen LogP contribution < -0.4 is 15.6 Å². The van der Waals surface area contributed by atoms with E-state index in [-0.39, 0.29) is 30.5 Å². The second-order valence-corrected chi connectivity index (χ2v) is 7.57. The summed E-state index contributed by atoms with van der Waals surface area (Å²) in [6.07, 6.45) is 1.26. The standard InChI is InChI=1S/C23H28N2O4/c1-16(2)22-19(12-13-28-22)23(27)25-24-21(26)15-29-20-11-7-6-10-18(20)14-17-8-4-3-5-9-17/h3-11,16,19,22H,12-15H2,1-2H3,(H,24,26)(H,25,27)/t19-,22+/m0/s1. The molecule has 0 aliphatic carbocycles. The molecule has 1 saturated heterocycles. The fraction of sp³-hybridized carbons (Fsp3) is 0.391. The van der Waals surface area contributed by atoms with Gasteiger partial charge in [-0.05, 0) is 29.5 Å². The molecule has 0 radical (unpaired) electrons. The third-order valence-corrected chi connectivity index (χ3v) is 5.02. The average molecular weight is 396 g/mol. The first kappa shape index (κ1) is 20.9. The summed E-state index contributed by atoms with van der Waals surface area (Å²) in [5, 5.41) is 0. The van der Waals surface area contributed by atoms with Crippen LogP contribution in [0.3, 0.4) is 0 Å². The second kappa shape index (κ2) is 10.1. The number of carbonyl (C=O) groups is 2. The Morgan fingerprint density at radius 3 is 2.55 bits per heavy atom. The zero-order chi connectivity index (χ0) is 20.6. The molecule has 3 rings (SSSR count). The van der Waals surface area contributed by atoms with Crippen LogP contribution in [-0.2, 0) is 20.7 Å². The van der Waals surface area contributed by atoms with Crippen molar-refractivity contribution in [1.82, 2.24) is 10.9 Å². The molecule has 1 aliphatic rings. The van der Waals surface area contributed by atoms with E-state index >= 15 is 0 Å². The summed E-state index contributed by atoms with van der Waals surface area (Å²) in [5.41, 5.74) is 7.10. The molecule has 154 valence electrons. The van der Waals surface area contributed by atoms with E-state index in [0.29, 0.717) is 25.2 Å². The molecule has 0 aromatic heterocycles. The predicted molar refractivity (Wildman–Crippen MR) is 110 cm³/mol. The van der Waals surface area contributed by atoms with Crippen molar-refractivity contribution in [2.24, 2.45) is 11.8 Å². The van der Waals surface area contributed by atoms with Crippen molar-refractivity contribution < 1.29 is 19.1 Å². The molecule has 0 saturated carbocycles. The number of ether oxygens (including phenoxy) is 2. The van der Waals surface area contributed by atoms with Gasteiger partial charge >= 0.3 is 0 Å². The maximum absolute atomic E-state index is 12.3. The second-order valence-electron chi connectivity index (χ2n) is 7.57. The van der Waals surface area contributed by atoms with Crippen LogP contribution in [-0.4, -0.2) is 31.1 Å². The first-order chi connectivity index (χ1) is 14.0. The van der Waals surface area contributed by atoms with Crippen LogP contribution >= 0.6 is 0 Å². The minimum atomic E-state index is -0.409. The van der Waals surface area contributed by atoms with Crippen molar-refractivity contribution in [3.63, 3.8) is 0 Å². The zero-order valence-corrected chi connectivity index (χ0v) is 16.9. The Morgan fingerprint density at radius 2 is 1.79 bits per heavy atom. The van der Waals surface area contributed by atoms with E-state index in [1.807, 2.05) is 56.3 Å². The fourth-order valence-electron chi connectivity index (χ4n) is 3.56. The number of hydrazine groups is 1. The molecule has 2 aromatic carbocycles. The molecule has 2 N–H and O–H groups in total. The van der Waals surface area contributed by atoms with E-state index in [4.69, 9.17) is 9.47 Å². The highest BCUT2D eigenvalue weighted by atomic mass is 16.5. The normalized spacial score (nSPS) is 18.4. The van der Waals surface area contributed by atoms with E-state index in [9.17, 15) is 9.59 Å². The Balaban J connectivity index is 1.49. The smallest absolute Gasteiger partial charge is 0.276 e. The molecule has 1 aliphatic heterocycles. The Hall–Kier alpha value is -2.86. The summed E-state index contributed by atoms with van der Waals surface area (Å²) < 4.78 is 11.3. The van der Waals surface area contributed by atoms with Gasteiger partial charge in [-0.2, -0.15) is 0 Å². The molecule has 2 atom stereocenters. The van der Waals surface area contributed by atoms with Crippen LogP contribution in [0.4, 0.5) is 0 Å². The summed E-state index contributed by atoms with van der Waals surface area (Å²) in [4.78, 5) is 24.5. The minimum Gasteiger partial charge on any atom is -0.483 e. The number of para-hydroxylation sites is 1. The van der Waals surface area contributed by atoms with E-state index < -0.39 is 5.91 Å². The topological polar surface area (TPSA) is 76.7 Å². The summed E-state index contributed by atoms with van der Waals surface area (Å²) in [5.74, 6) is 0.0185. The maximum Gasteiger partial charge on any atom is 0.276 e.